The van der Waals surface area contributed by atoms with Crippen LogP contribution in [0.5, 0.6) is 0 Å². The standard InChI is InChI=1S/C14H12ClN3O2/c1-9-2-7-13(12(15)8-9)17-14(16)10-3-5-11(6-4-10)18(19)20/h2-8H,1H3,(H2,16,17). The molecular formula is C14H12ClN3O2. The summed E-state index contributed by atoms with van der Waals surface area (Å²) >= 11 is 6.08. The molecule has 0 saturated heterocycles. The minimum atomic E-state index is -0.464. The van der Waals surface area contributed by atoms with Crippen molar-refractivity contribution in [3.8, 4) is 0 Å². The molecule has 102 valence electrons. The van der Waals surface area contributed by atoms with E-state index in [9.17, 15) is 10.1 Å². The predicted molar refractivity (Wildman–Crippen MR) is 79.7 cm³/mol. The van der Waals surface area contributed by atoms with Crippen LogP contribution in [0.3, 0.4) is 0 Å². The number of halogens is 1. The molecule has 0 aromatic heterocycles. The van der Waals surface area contributed by atoms with E-state index in [0.29, 0.717) is 16.3 Å². The molecule has 0 aliphatic carbocycles. The van der Waals surface area contributed by atoms with Crippen LogP contribution in [0.15, 0.2) is 47.5 Å². The van der Waals surface area contributed by atoms with Crippen molar-refractivity contribution in [3.63, 3.8) is 0 Å². The van der Waals surface area contributed by atoms with Crippen LogP contribution in [0.25, 0.3) is 0 Å². The highest BCUT2D eigenvalue weighted by Crippen LogP contribution is 2.26. The number of nitrogens with two attached hydrogens (primary N) is 1. The molecule has 0 heterocycles. The van der Waals surface area contributed by atoms with Gasteiger partial charge in [0.15, 0.2) is 0 Å². The van der Waals surface area contributed by atoms with Crippen LogP contribution in [-0.4, -0.2) is 10.8 Å². The summed E-state index contributed by atoms with van der Waals surface area (Å²) in [6.07, 6.45) is 0. The van der Waals surface area contributed by atoms with Crippen molar-refractivity contribution in [2.45, 2.75) is 6.92 Å². The van der Waals surface area contributed by atoms with Gasteiger partial charge in [-0.15, -0.1) is 0 Å². The summed E-state index contributed by atoms with van der Waals surface area (Å²) in [6.45, 7) is 1.93. The summed E-state index contributed by atoms with van der Waals surface area (Å²) in [5, 5.41) is 11.1. The van der Waals surface area contributed by atoms with E-state index in [4.69, 9.17) is 17.3 Å². The number of aliphatic imine (C=N–C) groups is 1. The second-order valence-electron chi connectivity index (χ2n) is 4.26. The molecule has 0 saturated carbocycles. The molecule has 0 unspecified atom stereocenters. The molecular weight excluding hydrogens is 278 g/mol. The molecule has 0 aliphatic rings. The summed E-state index contributed by atoms with van der Waals surface area (Å²) in [7, 11) is 0. The van der Waals surface area contributed by atoms with Gasteiger partial charge in [0.05, 0.1) is 15.6 Å². The lowest BCUT2D eigenvalue weighted by Crippen LogP contribution is -2.12. The first-order valence-electron chi connectivity index (χ1n) is 5.82. The van der Waals surface area contributed by atoms with E-state index in [1.807, 2.05) is 13.0 Å². The van der Waals surface area contributed by atoms with E-state index >= 15 is 0 Å². The molecule has 0 radical (unpaired) electrons. The Balaban J connectivity index is 2.32. The molecule has 2 aromatic carbocycles. The highest BCUT2D eigenvalue weighted by atomic mass is 35.5. The van der Waals surface area contributed by atoms with E-state index in [1.165, 1.54) is 12.1 Å². The third-order valence-electron chi connectivity index (χ3n) is 2.72. The Kier molecular flexibility index (Phi) is 4.00. The summed E-state index contributed by atoms with van der Waals surface area (Å²) in [6, 6.07) is 11.3. The molecule has 2 rings (SSSR count). The monoisotopic (exact) mass is 289 g/mol. The van der Waals surface area contributed by atoms with Crippen molar-refractivity contribution in [2.24, 2.45) is 10.7 Å². The number of rotatable bonds is 3. The highest BCUT2D eigenvalue weighted by Gasteiger charge is 2.06. The van der Waals surface area contributed by atoms with E-state index in [1.54, 1.807) is 24.3 Å². The van der Waals surface area contributed by atoms with Crippen molar-refractivity contribution >= 4 is 28.8 Å². The van der Waals surface area contributed by atoms with Crippen LogP contribution < -0.4 is 5.73 Å². The van der Waals surface area contributed by atoms with Crippen LogP contribution in [0, 0.1) is 17.0 Å². The maximum absolute atomic E-state index is 10.6. The minimum absolute atomic E-state index is 0.00918. The number of non-ortho nitro benzene ring substituents is 1. The zero-order chi connectivity index (χ0) is 14.7. The van der Waals surface area contributed by atoms with Gasteiger partial charge in [-0.25, -0.2) is 4.99 Å². The average Bonchev–Trinajstić information content (AvgIpc) is 2.42. The Morgan fingerprint density at radius 1 is 1.25 bits per heavy atom. The fraction of sp³-hybridized carbons (Fsp3) is 0.0714. The number of nitrogens with zero attached hydrogens (tertiary/aromatic N) is 2. The molecule has 0 bridgehead atoms. The number of nitro groups is 1. The number of hydrogen-bond acceptors (Lipinski definition) is 3. The lowest BCUT2D eigenvalue weighted by atomic mass is 10.2. The fourth-order valence-electron chi connectivity index (χ4n) is 1.65. The quantitative estimate of drug-likeness (QED) is 0.406. The maximum atomic E-state index is 10.6. The van der Waals surface area contributed by atoms with E-state index in [2.05, 4.69) is 4.99 Å². The molecule has 0 fully saturated rings. The zero-order valence-corrected chi connectivity index (χ0v) is 11.5. The lowest BCUT2D eigenvalue weighted by Gasteiger charge is -2.03. The van der Waals surface area contributed by atoms with E-state index in [0.717, 1.165) is 5.56 Å². The maximum Gasteiger partial charge on any atom is 0.269 e. The predicted octanol–water partition coefficient (Wildman–Crippen LogP) is 3.59. The fourth-order valence-corrected chi connectivity index (χ4v) is 1.93. The van der Waals surface area contributed by atoms with Crippen LogP contribution in [0.1, 0.15) is 11.1 Å². The normalized spacial score (nSPS) is 11.4. The van der Waals surface area contributed by atoms with Gasteiger partial charge >= 0.3 is 0 Å². The lowest BCUT2D eigenvalue weighted by molar-refractivity contribution is -0.384. The molecule has 0 amide bonds. The van der Waals surface area contributed by atoms with E-state index < -0.39 is 4.92 Å². The Labute approximate surface area is 120 Å². The molecule has 6 heteroatoms. The summed E-state index contributed by atoms with van der Waals surface area (Å²) in [5.41, 5.74) is 8.09. The van der Waals surface area contributed by atoms with Crippen LogP contribution in [-0.2, 0) is 0 Å². The van der Waals surface area contributed by atoms with Gasteiger partial charge in [-0.3, -0.25) is 10.1 Å². The zero-order valence-electron chi connectivity index (χ0n) is 10.7. The van der Waals surface area contributed by atoms with Crippen molar-refractivity contribution in [2.75, 3.05) is 0 Å². The molecule has 2 aromatic rings. The summed E-state index contributed by atoms with van der Waals surface area (Å²) < 4.78 is 0. The summed E-state index contributed by atoms with van der Waals surface area (Å²) in [5.74, 6) is 0.255. The number of amidine groups is 1. The van der Waals surface area contributed by atoms with Gasteiger partial charge in [0, 0.05) is 17.7 Å². The first-order valence-corrected chi connectivity index (χ1v) is 6.20. The minimum Gasteiger partial charge on any atom is -0.383 e. The van der Waals surface area contributed by atoms with Gasteiger partial charge < -0.3 is 5.73 Å². The molecule has 5 nitrogen and oxygen atoms in total. The topological polar surface area (TPSA) is 81.5 Å². The van der Waals surface area contributed by atoms with Gasteiger partial charge in [-0.05, 0) is 36.8 Å². The number of aryl methyl sites for hydroxylation is 1. The largest absolute Gasteiger partial charge is 0.383 e. The second kappa shape index (κ2) is 5.71. The van der Waals surface area contributed by atoms with Crippen molar-refractivity contribution < 1.29 is 4.92 Å². The third-order valence-corrected chi connectivity index (χ3v) is 3.02. The van der Waals surface area contributed by atoms with Crippen LogP contribution in [0.2, 0.25) is 5.02 Å². The van der Waals surface area contributed by atoms with Gasteiger partial charge in [-0.2, -0.15) is 0 Å². The number of benzene rings is 2. The van der Waals surface area contributed by atoms with Gasteiger partial charge in [0.2, 0.25) is 0 Å². The summed E-state index contributed by atoms with van der Waals surface area (Å²) in [4.78, 5) is 14.3. The van der Waals surface area contributed by atoms with E-state index in [-0.39, 0.29) is 11.5 Å². The number of hydrogen-bond donors (Lipinski definition) is 1. The SMILES string of the molecule is Cc1ccc(N=C(N)c2ccc([N+](=O)[O-])cc2)c(Cl)c1. The van der Waals surface area contributed by atoms with Gasteiger partial charge in [-0.1, -0.05) is 17.7 Å². The van der Waals surface area contributed by atoms with Crippen molar-refractivity contribution in [3.05, 3.63) is 68.7 Å². The first-order chi connectivity index (χ1) is 9.47. The highest BCUT2D eigenvalue weighted by molar-refractivity contribution is 6.33. The Morgan fingerprint density at radius 2 is 1.90 bits per heavy atom. The molecule has 2 N–H and O–H groups in total. The Morgan fingerprint density at radius 3 is 2.45 bits per heavy atom. The first kappa shape index (κ1) is 14.0. The van der Waals surface area contributed by atoms with Gasteiger partial charge in [0.1, 0.15) is 5.84 Å². The molecule has 0 spiro atoms. The Hall–Kier alpha value is -2.40. The average molecular weight is 290 g/mol. The van der Waals surface area contributed by atoms with Crippen molar-refractivity contribution in [1.82, 2.24) is 0 Å². The molecule has 0 atom stereocenters. The third kappa shape index (κ3) is 3.13. The second-order valence-corrected chi connectivity index (χ2v) is 4.66. The van der Waals surface area contributed by atoms with Crippen molar-refractivity contribution in [1.29, 1.82) is 0 Å². The molecule has 0 aliphatic heterocycles. The number of nitro benzene ring substituents is 1. The smallest absolute Gasteiger partial charge is 0.269 e. The molecule has 20 heavy (non-hydrogen) atoms. The van der Waals surface area contributed by atoms with Crippen LogP contribution in [0.4, 0.5) is 11.4 Å². The van der Waals surface area contributed by atoms with Crippen LogP contribution >= 0.6 is 11.6 Å². The Bertz CT molecular complexity index is 681. The van der Waals surface area contributed by atoms with Gasteiger partial charge in [0.25, 0.3) is 5.69 Å².